The van der Waals surface area contributed by atoms with Crippen molar-refractivity contribution >= 4 is 11.9 Å². The van der Waals surface area contributed by atoms with Crippen molar-refractivity contribution in [1.82, 2.24) is 4.90 Å². The van der Waals surface area contributed by atoms with E-state index in [2.05, 4.69) is 13.8 Å². The van der Waals surface area contributed by atoms with Crippen LogP contribution in [0.1, 0.15) is 58.8 Å². The molecule has 4 nitrogen and oxygen atoms in total. The molecule has 1 atom stereocenters. The number of rotatable bonds is 4. The number of amides is 1. The summed E-state index contributed by atoms with van der Waals surface area (Å²) in [6.07, 6.45) is 6.71. The van der Waals surface area contributed by atoms with E-state index in [4.69, 9.17) is 0 Å². The third-order valence-electron chi connectivity index (χ3n) is 4.87. The van der Waals surface area contributed by atoms with E-state index in [0.29, 0.717) is 18.9 Å². The van der Waals surface area contributed by atoms with Crippen LogP contribution in [0.15, 0.2) is 0 Å². The molecule has 4 heteroatoms. The molecule has 0 radical (unpaired) electrons. The van der Waals surface area contributed by atoms with Gasteiger partial charge < -0.3 is 10.0 Å². The van der Waals surface area contributed by atoms with Crippen LogP contribution in [0.25, 0.3) is 0 Å². The van der Waals surface area contributed by atoms with E-state index in [9.17, 15) is 14.7 Å². The second-order valence-electron chi connectivity index (χ2n) is 7.01. The normalized spacial score (nSPS) is 25.9. The van der Waals surface area contributed by atoms with Gasteiger partial charge in [0.2, 0.25) is 5.91 Å². The number of carbonyl (C=O) groups excluding carboxylic acids is 1. The van der Waals surface area contributed by atoms with E-state index in [0.717, 1.165) is 45.1 Å². The number of nitrogens with zero attached hydrogens (tertiary/aromatic N) is 1. The topological polar surface area (TPSA) is 57.6 Å². The Hall–Kier alpha value is -1.06. The standard InChI is InChI=1S/C16H27NO3/c1-12(2)10-16(7-3-4-8-16)15(20)17-9-5-6-13(11-17)14(18)19/h12-13H,3-11H2,1-2H3,(H,18,19). The van der Waals surface area contributed by atoms with Crippen molar-refractivity contribution < 1.29 is 14.7 Å². The molecule has 2 aliphatic rings. The molecule has 20 heavy (non-hydrogen) atoms. The fourth-order valence-corrected chi connectivity index (χ4v) is 4.04. The van der Waals surface area contributed by atoms with Crippen molar-refractivity contribution in [2.75, 3.05) is 13.1 Å². The van der Waals surface area contributed by atoms with Gasteiger partial charge in [0.05, 0.1) is 5.92 Å². The van der Waals surface area contributed by atoms with Crippen LogP contribution < -0.4 is 0 Å². The van der Waals surface area contributed by atoms with Crippen LogP contribution in [0.3, 0.4) is 0 Å². The number of carboxylic acid groups (broad SMARTS) is 1. The molecule has 2 rings (SSSR count). The van der Waals surface area contributed by atoms with Crippen LogP contribution >= 0.6 is 0 Å². The second kappa shape index (κ2) is 6.15. The van der Waals surface area contributed by atoms with Gasteiger partial charge in [0.1, 0.15) is 0 Å². The van der Waals surface area contributed by atoms with Gasteiger partial charge in [0.15, 0.2) is 0 Å². The number of aliphatic carboxylic acids is 1. The van der Waals surface area contributed by atoms with Crippen LogP contribution in [-0.2, 0) is 9.59 Å². The lowest BCUT2D eigenvalue weighted by Gasteiger charge is -2.39. The molecule has 2 fully saturated rings. The molecule has 0 spiro atoms. The van der Waals surface area contributed by atoms with Gasteiger partial charge in [-0.15, -0.1) is 0 Å². The molecule has 0 bridgehead atoms. The highest BCUT2D eigenvalue weighted by Crippen LogP contribution is 2.45. The summed E-state index contributed by atoms with van der Waals surface area (Å²) < 4.78 is 0. The van der Waals surface area contributed by atoms with E-state index in [-0.39, 0.29) is 17.2 Å². The Bertz CT molecular complexity index is 372. The number of carbonyl (C=O) groups is 2. The summed E-state index contributed by atoms with van der Waals surface area (Å²) in [5, 5.41) is 9.17. The monoisotopic (exact) mass is 281 g/mol. The van der Waals surface area contributed by atoms with Crippen LogP contribution in [0.2, 0.25) is 0 Å². The van der Waals surface area contributed by atoms with Gasteiger partial charge in [0.25, 0.3) is 0 Å². The Morgan fingerprint density at radius 1 is 1.25 bits per heavy atom. The zero-order valence-corrected chi connectivity index (χ0v) is 12.7. The predicted molar refractivity (Wildman–Crippen MR) is 77.3 cm³/mol. The molecule has 1 amide bonds. The number of likely N-dealkylation sites (tertiary alicyclic amines) is 1. The molecule has 1 N–H and O–H groups in total. The molecule has 114 valence electrons. The fourth-order valence-electron chi connectivity index (χ4n) is 4.04. The van der Waals surface area contributed by atoms with Crippen LogP contribution in [0.5, 0.6) is 0 Å². The van der Waals surface area contributed by atoms with Gasteiger partial charge in [-0.3, -0.25) is 9.59 Å². The molecule has 1 heterocycles. The first kappa shape index (κ1) is 15.3. The lowest BCUT2D eigenvalue weighted by Crippen LogP contribution is -2.49. The highest BCUT2D eigenvalue weighted by atomic mass is 16.4. The van der Waals surface area contributed by atoms with E-state index in [1.807, 2.05) is 4.90 Å². The van der Waals surface area contributed by atoms with E-state index in [1.165, 1.54) is 0 Å². The fraction of sp³-hybridized carbons (Fsp3) is 0.875. The first-order chi connectivity index (χ1) is 9.44. The maximum absolute atomic E-state index is 13.0. The Morgan fingerprint density at radius 3 is 2.45 bits per heavy atom. The van der Waals surface area contributed by atoms with Gasteiger partial charge in [-0.1, -0.05) is 26.7 Å². The lowest BCUT2D eigenvalue weighted by molar-refractivity contribution is -0.150. The molecule has 1 saturated carbocycles. The van der Waals surface area contributed by atoms with Gasteiger partial charge in [-0.25, -0.2) is 0 Å². The highest BCUT2D eigenvalue weighted by molar-refractivity contribution is 5.84. The summed E-state index contributed by atoms with van der Waals surface area (Å²) in [7, 11) is 0. The molecule has 1 aliphatic carbocycles. The first-order valence-corrected chi connectivity index (χ1v) is 7.97. The summed E-state index contributed by atoms with van der Waals surface area (Å²) in [6, 6.07) is 0. The van der Waals surface area contributed by atoms with Crippen molar-refractivity contribution in [2.24, 2.45) is 17.3 Å². The lowest BCUT2D eigenvalue weighted by atomic mass is 9.76. The summed E-state index contributed by atoms with van der Waals surface area (Å²) in [6.45, 7) is 5.49. The van der Waals surface area contributed by atoms with Crippen LogP contribution in [0, 0.1) is 17.3 Å². The quantitative estimate of drug-likeness (QED) is 0.862. The number of hydrogen-bond donors (Lipinski definition) is 1. The Balaban J connectivity index is 2.09. The van der Waals surface area contributed by atoms with Crippen molar-refractivity contribution in [3.63, 3.8) is 0 Å². The van der Waals surface area contributed by atoms with Crippen molar-refractivity contribution in [3.8, 4) is 0 Å². The van der Waals surface area contributed by atoms with E-state index >= 15 is 0 Å². The van der Waals surface area contributed by atoms with Gasteiger partial charge in [-0.05, 0) is 38.0 Å². The summed E-state index contributed by atoms with van der Waals surface area (Å²) in [5.41, 5.74) is -0.200. The maximum Gasteiger partial charge on any atom is 0.308 e. The van der Waals surface area contributed by atoms with Crippen molar-refractivity contribution in [1.29, 1.82) is 0 Å². The smallest absolute Gasteiger partial charge is 0.308 e. The predicted octanol–water partition coefficient (Wildman–Crippen LogP) is 2.92. The molecule has 1 aliphatic heterocycles. The highest BCUT2D eigenvalue weighted by Gasteiger charge is 2.44. The summed E-state index contributed by atoms with van der Waals surface area (Å²) in [4.78, 5) is 26.0. The molecule has 0 aromatic carbocycles. The van der Waals surface area contributed by atoms with E-state index in [1.54, 1.807) is 0 Å². The minimum absolute atomic E-state index is 0.200. The third-order valence-corrected chi connectivity index (χ3v) is 4.87. The number of carboxylic acids is 1. The van der Waals surface area contributed by atoms with Gasteiger partial charge in [0, 0.05) is 18.5 Å². The SMILES string of the molecule is CC(C)CC1(C(=O)N2CCCC(C(=O)O)C2)CCCC1. The van der Waals surface area contributed by atoms with Crippen LogP contribution in [-0.4, -0.2) is 35.0 Å². The number of hydrogen-bond acceptors (Lipinski definition) is 2. The minimum atomic E-state index is -0.758. The maximum atomic E-state index is 13.0. The zero-order chi connectivity index (χ0) is 14.8. The second-order valence-corrected chi connectivity index (χ2v) is 7.01. The third kappa shape index (κ3) is 3.15. The summed E-state index contributed by atoms with van der Waals surface area (Å²) >= 11 is 0. The molecular formula is C16H27NO3. The molecule has 0 aromatic rings. The molecular weight excluding hydrogens is 254 g/mol. The minimum Gasteiger partial charge on any atom is -0.481 e. The molecule has 1 unspecified atom stereocenters. The Kier molecular flexibility index (Phi) is 4.71. The van der Waals surface area contributed by atoms with Crippen molar-refractivity contribution in [3.05, 3.63) is 0 Å². The van der Waals surface area contributed by atoms with Crippen LogP contribution in [0.4, 0.5) is 0 Å². The van der Waals surface area contributed by atoms with Crippen molar-refractivity contribution in [2.45, 2.75) is 58.8 Å². The Morgan fingerprint density at radius 2 is 1.90 bits per heavy atom. The molecule has 0 aromatic heterocycles. The number of piperidine rings is 1. The van der Waals surface area contributed by atoms with E-state index < -0.39 is 5.97 Å². The first-order valence-electron chi connectivity index (χ1n) is 7.97. The molecule has 1 saturated heterocycles. The van der Waals surface area contributed by atoms with Gasteiger partial charge >= 0.3 is 5.97 Å². The average molecular weight is 281 g/mol. The summed E-state index contributed by atoms with van der Waals surface area (Å²) in [5.74, 6) is -0.385. The Labute approximate surface area is 121 Å². The zero-order valence-electron chi connectivity index (χ0n) is 12.7. The average Bonchev–Trinajstić information content (AvgIpc) is 2.86. The van der Waals surface area contributed by atoms with Gasteiger partial charge in [-0.2, -0.15) is 0 Å². The largest absolute Gasteiger partial charge is 0.481 e.